The van der Waals surface area contributed by atoms with Gasteiger partial charge in [0.25, 0.3) is 0 Å². The molecule has 0 spiro atoms. The number of benzene rings is 2. The number of fused-ring (bicyclic) bond motifs is 3. The highest BCUT2D eigenvalue weighted by atomic mass is 16.6. The van der Waals surface area contributed by atoms with Gasteiger partial charge in [0, 0.05) is 23.6 Å². The first-order valence-electron chi connectivity index (χ1n) is 11.3. The third-order valence-electron chi connectivity index (χ3n) is 5.61. The second-order valence-electron chi connectivity index (χ2n) is 9.22. The Morgan fingerprint density at radius 3 is 2.39 bits per heavy atom. The minimum atomic E-state index is -1.26. The number of allylic oxidation sites excluding steroid dienone is 1. The van der Waals surface area contributed by atoms with Crippen LogP contribution in [0.3, 0.4) is 0 Å². The van der Waals surface area contributed by atoms with Crippen molar-refractivity contribution in [2.45, 2.75) is 45.5 Å². The zero-order valence-electron chi connectivity index (χ0n) is 20.3. The number of rotatable bonds is 6. The lowest BCUT2D eigenvalue weighted by Gasteiger charge is -2.33. The Kier molecular flexibility index (Phi) is 6.70. The average Bonchev–Trinajstić information content (AvgIpc) is 3.17. The van der Waals surface area contributed by atoms with Crippen molar-refractivity contribution in [3.8, 4) is 11.5 Å². The van der Waals surface area contributed by atoms with E-state index in [2.05, 4.69) is 0 Å². The lowest BCUT2D eigenvalue weighted by Crippen LogP contribution is -2.46. The van der Waals surface area contributed by atoms with Crippen molar-refractivity contribution in [2.24, 2.45) is 0 Å². The van der Waals surface area contributed by atoms with Crippen LogP contribution in [0.15, 0.2) is 75.5 Å². The maximum Gasteiger partial charge on any atom is 0.336 e. The molecule has 186 valence electrons. The Morgan fingerprint density at radius 1 is 1.00 bits per heavy atom. The number of aromatic hydroxyl groups is 1. The van der Waals surface area contributed by atoms with Gasteiger partial charge in [0.1, 0.15) is 22.7 Å². The highest BCUT2D eigenvalue weighted by Gasteiger charge is 2.50. The van der Waals surface area contributed by atoms with Crippen LogP contribution in [0, 0.1) is 0 Å². The predicted molar refractivity (Wildman–Crippen MR) is 132 cm³/mol. The SMILES string of the molecule is CC(C)=CC(=O)O[C@@H]1c2c(ccc3ccc(=O)oc23)O[C@H]1C(C)(C)OC(=O)C=Cc1ccc(O)cc1. The minimum absolute atomic E-state index is 0.117. The summed E-state index contributed by atoms with van der Waals surface area (Å²) in [5, 5.41) is 10.0. The molecule has 0 saturated heterocycles. The van der Waals surface area contributed by atoms with E-state index in [1.54, 1.807) is 64.1 Å². The molecule has 1 aromatic heterocycles. The molecular formula is C28H26O8. The topological polar surface area (TPSA) is 112 Å². The third kappa shape index (κ3) is 5.33. The molecule has 0 amide bonds. The van der Waals surface area contributed by atoms with Crippen LogP contribution in [0.2, 0.25) is 0 Å². The van der Waals surface area contributed by atoms with Gasteiger partial charge in [0.05, 0.1) is 5.56 Å². The van der Waals surface area contributed by atoms with Crippen LogP contribution in [-0.2, 0) is 19.1 Å². The standard InChI is InChI=1S/C28H26O8/c1-16(2)15-23(32)35-26-24-20(12-8-18-9-14-21(30)34-25(18)24)33-27(26)28(3,4)36-22(31)13-7-17-5-10-19(29)11-6-17/h5-15,26-27,29H,1-4H3/t26-,27-/m1/s1. The minimum Gasteiger partial charge on any atom is -0.508 e. The number of phenolic OH excluding ortho intramolecular Hbond substituents is 1. The van der Waals surface area contributed by atoms with E-state index in [0.717, 1.165) is 5.57 Å². The molecule has 0 unspecified atom stereocenters. The molecular weight excluding hydrogens is 464 g/mol. The molecule has 0 bridgehead atoms. The van der Waals surface area contributed by atoms with E-state index in [9.17, 15) is 19.5 Å². The fourth-order valence-electron chi connectivity index (χ4n) is 3.98. The number of hydrogen-bond acceptors (Lipinski definition) is 8. The number of carbonyl (C=O) groups excluding carboxylic acids is 2. The molecule has 0 radical (unpaired) electrons. The highest BCUT2D eigenvalue weighted by molar-refractivity contribution is 5.88. The van der Waals surface area contributed by atoms with Gasteiger partial charge in [-0.1, -0.05) is 17.7 Å². The molecule has 8 heteroatoms. The van der Waals surface area contributed by atoms with Crippen molar-refractivity contribution in [2.75, 3.05) is 0 Å². The van der Waals surface area contributed by atoms with E-state index < -0.39 is 35.4 Å². The Bertz CT molecular complexity index is 1420. The molecule has 1 aliphatic rings. The van der Waals surface area contributed by atoms with Gasteiger partial charge in [-0.05, 0) is 69.7 Å². The zero-order chi connectivity index (χ0) is 26.0. The smallest absolute Gasteiger partial charge is 0.336 e. The van der Waals surface area contributed by atoms with Crippen LogP contribution in [0.1, 0.15) is 44.9 Å². The highest BCUT2D eigenvalue weighted by Crippen LogP contribution is 2.47. The predicted octanol–water partition coefficient (Wildman–Crippen LogP) is 4.85. The summed E-state index contributed by atoms with van der Waals surface area (Å²) in [6.07, 6.45) is 2.21. The maximum absolute atomic E-state index is 12.7. The van der Waals surface area contributed by atoms with Crippen LogP contribution in [-0.4, -0.2) is 28.8 Å². The van der Waals surface area contributed by atoms with Gasteiger partial charge in [0.2, 0.25) is 0 Å². The average molecular weight is 491 g/mol. The number of ether oxygens (including phenoxy) is 3. The molecule has 1 N–H and O–H groups in total. The molecule has 0 saturated carbocycles. The van der Waals surface area contributed by atoms with Gasteiger partial charge in [-0.15, -0.1) is 0 Å². The summed E-state index contributed by atoms with van der Waals surface area (Å²) >= 11 is 0. The lowest BCUT2D eigenvalue weighted by molar-refractivity contribution is -0.171. The fraction of sp³-hybridized carbons (Fsp3) is 0.250. The molecule has 1 aliphatic heterocycles. The Balaban J connectivity index is 1.66. The number of phenols is 1. The molecule has 2 heterocycles. The second-order valence-corrected chi connectivity index (χ2v) is 9.22. The van der Waals surface area contributed by atoms with Crippen molar-refractivity contribution in [1.29, 1.82) is 0 Å². The number of esters is 2. The molecule has 3 aromatic rings. The van der Waals surface area contributed by atoms with Gasteiger partial charge < -0.3 is 23.7 Å². The van der Waals surface area contributed by atoms with Crippen LogP contribution in [0.5, 0.6) is 11.5 Å². The van der Waals surface area contributed by atoms with Crippen LogP contribution in [0.25, 0.3) is 17.0 Å². The summed E-state index contributed by atoms with van der Waals surface area (Å²) in [4.78, 5) is 37.3. The first-order chi connectivity index (χ1) is 17.0. The number of hydrogen-bond donors (Lipinski definition) is 1. The molecule has 0 aliphatic carbocycles. The van der Waals surface area contributed by atoms with Crippen LogP contribution >= 0.6 is 0 Å². The molecule has 8 nitrogen and oxygen atoms in total. The Morgan fingerprint density at radius 2 is 1.69 bits per heavy atom. The van der Waals surface area contributed by atoms with E-state index in [4.69, 9.17) is 18.6 Å². The van der Waals surface area contributed by atoms with Gasteiger partial charge in [-0.3, -0.25) is 0 Å². The van der Waals surface area contributed by atoms with Gasteiger partial charge in [-0.2, -0.15) is 0 Å². The summed E-state index contributed by atoms with van der Waals surface area (Å²) in [6, 6.07) is 12.7. The maximum atomic E-state index is 12.7. The van der Waals surface area contributed by atoms with Crippen molar-refractivity contribution < 1.29 is 33.3 Å². The molecule has 2 aromatic carbocycles. The van der Waals surface area contributed by atoms with Crippen molar-refractivity contribution >= 4 is 29.0 Å². The summed E-state index contributed by atoms with van der Waals surface area (Å²) in [7, 11) is 0. The molecule has 36 heavy (non-hydrogen) atoms. The zero-order valence-corrected chi connectivity index (χ0v) is 20.3. The normalized spacial score (nSPS) is 16.9. The van der Waals surface area contributed by atoms with Crippen LogP contribution in [0.4, 0.5) is 0 Å². The molecule has 4 rings (SSSR count). The summed E-state index contributed by atoms with van der Waals surface area (Å²) in [6.45, 7) is 6.82. The Hall–Kier alpha value is -4.33. The van der Waals surface area contributed by atoms with Crippen molar-refractivity contribution in [3.05, 3.63) is 87.8 Å². The second kappa shape index (κ2) is 9.73. The fourth-order valence-corrected chi connectivity index (χ4v) is 3.98. The van der Waals surface area contributed by atoms with E-state index in [0.29, 0.717) is 22.3 Å². The lowest BCUT2D eigenvalue weighted by atomic mass is 9.93. The van der Waals surface area contributed by atoms with Gasteiger partial charge in [-0.25, -0.2) is 14.4 Å². The Labute approximate surface area is 207 Å². The van der Waals surface area contributed by atoms with E-state index in [-0.39, 0.29) is 11.3 Å². The largest absolute Gasteiger partial charge is 0.508 e. The summed E-state index contributed by atoms with van der Waals surface area (Å²) in [5.41, 5.74) is 0.264. The van der Waals surface area contributed by atoms with Crippen molar-refractivity contribution in [3.63, 3.8) is 0 Å². The first-order valence-corrected chi connectivity index (χ1v) is 11.3. The van der Waals surface area contributed by atoms with E-state index >= 15 is 0 Å². The summed E-state index contributed by atoms with van der Waals surface area (Å²) < 4.78 is 23.1. The van der Waals surface area contributed by atoms with Gasteiger partial charge >= 0.3 is 17.6 Å². The van der Waals surface area contributed by atoms with Crippen LogP contribution < -0.4 is 10.4 Å². The monoisotopic (exact) mass is 490 g/mol. The van der Waals surface area contributed by atoms with Crippen molar-refractivity contribution in [1.82, 2.24) is 0 Å². The molecule has 0 fully saturated rings. The molecule has 2 atom stereocenters. The van der Waals surface area contributed by atoms with E-state index in [1.807, 2.05) is 0 Å². The quantitative estimate of drug-likeness (QED) is 0.297. The third-order valence-corrected chi connectivity index (χ3v) is 5.61. The summed E-state index contributed by atoms with van der Waals surface area (Å²) in [5.74, 6) is -0.768. The van der Waals surface area contributed by atoms with E-state index in [1.165, 1.54) is 30.4 Å². The number of carbonyl (C=O) groups is 2. The van der Waals surface area contributed by atoms with Gasteiger partial charge in [0.15, 0.2) is 12.2 Å². The first kappa shape index (κ1) is 24.8.